The van der Waals surface area contributed by atoms with Gasteiger partial charge < -0.3 is 20.6 Å². The minimum Gasteiger partial charge on any atom is -0.445 e. The van der Waals surface area contributed by atoms with Crippen molar-refractivity contribution in [1.82, 2.24) is 15.7 Å². The Kier molecular flexibility index (Phi) is 6.49. The molecule has 1 unspecified atom stereocenters. The zero-order chi connectivity index (χ0) is 20.2. The van der Waals surface area contributed by atoms with E-state index >= 15 is 0 Å². The number of hydrogen-bond donors (Lipinski definition) is 3. The van der Waals surface area contributed by atoms with E-state index in [0.29, 0.717) is 12.8 Å². The Morgan fingerprint density at radius 1 is 1.19 bits per heavy atom. The summed E-state index contributed by atoms with van der Waals surface area (Å²) in [6.07, 6.45) is 0.598. The summed E-state index contributed by atoms with van der Waals surface area (Å²) in [5.41, 5.74) is -0.0272. The van der Waals surface area contributed by atoms with Crippen LogP contribution in [0.5, 0.6) is 0 Å². The first kappa shape index (κ1) is 21.2. The van der Waals surface area contributed by atoms with Crippen LogP contribution in [-0.2, 0) is 16.1 Å². The molecule has 1 saturated heterocycles. The fraction of sp³-hybridized carbons (Fsp3) is 0.600. The molecule has 2 amide bonds. The molecule has 1 aliphatic heterocycles. The topological polar surface area (TPSA) is 90.9 Å². The van der Waals surface area contributed by atoms with Crippen LogP contribution < -0.4 is 10.6 Å². The molecule has 1 aliphatic rings. The van der Waals surface area contributed by atoms with Crippen LogP contribution in [0.25, 0.3) is 0 Å². The van der Waals surface area contributed by atoms with Gasteiger partial charge in [-0.2, -0.15) is 5.06 Å². The van der Waals surface area contributed by atoms with Gasteiger partial charge >= 0.3 is 6.09 Å². The van der Waals surface area contributed by atoms with Gasteiger partial charge in [0, 0.05) is 17.1 Å². The summed E-state index contributed by atoms with van der Waals surface area (Å²) in [4.78, 5) is 24.4. The zero-order valence-corrected chi connectivity index (χ0v) is 16.8. The van der Waals surface area contributed by atoms with Crippen LogP contribution in [0, 0.1) is 0 Å². The van der Waals surface area contributed by atoms with Gasteiger partial charge in [0.15, 0.2) is 0 Å². The van der Waals surface area contributed by atoms with E-state index in [9.17, 15) is 14.8 Å². The summed E-state index contributed by atoms with van der Waals surface area (Å²) in [6.45, 7) is 9.53. The maximum Gasteiger partial charge on any atom is 0.408 e. The van der Waals surface area contributed by atoms with Gasteiger partial charge in [-0.15, -0.1) is 0 Å². The van der Waals surface area contributed by atoms with Crippen LogP contribution in [0.1, 0.15) is 53.0 Å². The van der Waals surface area contributed by atoms with Crippen LogP contribution in [0.15, 0.2) is 30.3 Å². The molecule has 0 aliphatic carbocycles. The van der Waals surface area contributed by atoms with E-state index < -0.39 is 23.2 Å². The molecule has 27 heavy (non-hydrogen) atoms. The van der Waals surface area contributed by atoms with Crippen LogP contribution in [0.4, 0.5) is 4.79 Å². The number of benzene rings is 1. The van der Waals surface area contributed by atoms with Crippen LogP contribution in [0.2, 0.25) is 0 Å². The second-order valence-corrected chi connectivity index (χ2v) is 8.48. The Hall–Kier alpha value is -2.12. The van der Waals surface area contributed by atoms with Crippen LogP contribution >= 0.6 is 0 Å². The van der Waals surface area contributed by atoms with Gasteiger partial charge in [0.2, 0.25) is 5.91 Å². The lowest BCUT2D eigenvalue weighted by atomic mass is 9.79. The molecule has 0 bridgehead atoms. The van der Waals surface area contributed by atoms with Crippen molar-refractivity contribution in [3.63, 3.8) is 0 Å². The summed E-state index contributed by atoms with van der Waals surface area (Å²) in [7, 11) is 0. The predicted octanol–water partition coefficient (Wildman–Crippen LogP) is 2.83. The number of piperidine rings is 1. The van der Waals surface area contributed by atoms with E-state index in [-0.39, 0.29) is 18.6 Å². The Morgan fingerprint density at radius 2 is 1.74 bits per heavy atom. The van der Waals surface area contributed by atoms with Crippen molar-refractivity contribution in [1.29, 1.82) is 0 Å². The first-order chi connectivity index (χ1) is 12.5. The summed E-state index contributed by atoms with van der Waals surface area (Å²) in [5, 5.41) is 17.3. The minimum atomic E-state index is -0.716. The number of carbonyl (C=O) groups excluding carboxylic acids is 2. The molecule has 1 aromatic carbocycles. The molecular weight excluding hydrogens is 346 g/mol. The first-order valence-corrected chi connectivity index (χ1v) is 9.28. The fourth-order valence-corrected chi connectivity index (χ4v) is 3.71. The maximum atomic E-state index is 12.5. The van der Waals surface area contributed by atoms with Gasteiger partial charge in [-0.25, -0.2) is 4.79 Å². The number of rotatable bonds is 5. The van der Waals surface area contributed by atoms with E-state index in [1.54, 1.807) is 6.92 Å². The summed E-state index contributed by atoms with van der Waals surface area (Å²) < 4.78 is 5.15. The van der Waals surface area contributed by atoms with Crippen molar-refractivity contribution in [2.24, 2.45) is 0 Å². The normalized spacial score (nSPS) is 20.5. The molecular formula is C20H31N3O4. The summed E-state index contributed by atoms with van der Waals surface area (Å²) in [5.74, 6) is -0.269. The molecule has 0 saturated carbocycles. The van der Waals surface area contributed by atoms with Crippen molar-refractivity contribution in [3.8, 4) is 0 Å². The molecule has 1 atom stereocenters. The molecule has 3 N–H and O–H groups in total. The first-order valence-electron chi connectivity index (χ1n) is 9.28. The van der Waals surface area contributed by atoms with Gasteiger partial charge in [0.25, 0.3) is 0 Å². The molecule has 0 spiro atoms. The van der Waals surface area contributed by atoms with Crippen molar-refractivity contribution < 1.29 is 19.5 Å². The highest BCUT2D eigenvalue weighted by molar-refractivity contribution is 5.85. The third kappa shape index (κ3) is 5.68. The molecule has 1 fully saturated rings. The molecule has 7 nitrogen and oxygen atoms in total. The highest BCUT2D eigenvalue weighted by atomic mass is 16.5. The van der Waals surface area contributed by atoms with Gasteiger partial charge in [-0.05, 0) is 53.0 Å². The fourth-order valence-electron chi connectivity index (χ4n) is 3.71. The quantitative estimate of drug-likeness (QED) is 0.734. The van der Waals surface area contributed by atoms with E-state index in [2.05, 4.69) is 10.6 Å². The summed E-state index contributed by atoms with van der Waals surface area (Å²) in [6, 6.07) is 8.55. The number of nitrogens with one attached hydrogen (secondary N) is 2. The van der Waals surface area contributed by atoms with Crippen molar-refractivity contribution in [2.45, 2.75) is 77.2 Å². The number of amides is 2. The monoisotopic (exact) mass is 377 g/mol. The van der Waals surface area contributed by atoms with Gasteiger partial charge in [-0.1, -0.05) is 30.3 Å². The van der Waals surface area contributed by atoms with Crippen LogP contribution in [-0.4, -0.2) is 45.4 Å². The molecule has 1 aromatic rings. The Balaban J connectivity index is 1.83. The van der Waals surface area contributed by atoms with Crippen molar-refractivity contribution >= 4 is 12.0 Å². The van der Waals surface area contributed by atoms with Crippen molar-refractivity contribution in [2.75, 3.05) is 0 Å². The van der Waals surface area contributed by atoms with E-state index in [4.69, 9.17) is 4.74 Å². The highest BCUT2D eigenvalue weighted by Gasteiger charge is 2.45. The number of hydroxylamine groups is 2. The molecule has 1 heterocycles. The minimum absolute atomic E-state index is 0.0875. The summed E-state index contributed by atoms with van der Waals surface area (Å²) >= 11 is 0. The third-order valence-corrected chi connectivity index (χ3v) is 4.93. The Morgan fingerprint density at radius 3 is 2.30 bits per heavy atom. The number of carbonyl (C=O) groups is 2. The second-order valence-electron chi connectivity index (χ2n) is 8.48. The standard InChI is InChI=1S/C20H31N3O4/c1-14(21-18(25)27-13-15-9-7-6-8-10-15)17(24)22-16-11-19(2,3)23(26)20(4,5)12-16/h6-10,14,16,26H,11-13H2,1-5H3,(H,21,25)(H,22,24). The molecule has 0 aromatic heterocycles. The van der Waals surface area contributed by atoms with Gasteiger partial charge in [0.1, 0.15) is 12.6 Å². The van der Waals surface area contributed by atoms with Gasteiger partial charge in [-0.3, -0.25) is 4.79 Å². The lowest BCUT2D eigenvalue weighted by molar-refractivity contribution is -0.246. The number of nitrogens with zero attached hydrogens (tertiary/aromatic N) is 1. The van der Waals surface area contributed by atoms with Crippen molar-refractivity contribution in [3.05, 3.63) is 35.9 Å². The largest absolute Gasteiger partial charge is 0.445 e. The SMILES string of the molecule is CC(NC(=O)OCc1ccccc1)C(=O)NC1CC(C)(C)N(O)C(C)(C)C1. The molecule has 0 radical (unpaired) electrons. The number of hydrogen-bond acceptors (Lipinski definition) is 5. The molecule has 2 rings (SSSR count). The zero-order valence-electron chi connectivity index (χ0n) is 16.8. The third-order valence-electron chi connectivity index (χ3n) is 4.93. The van der Waals surface area contributed by atoms with E-state index in [0.717, 1.165) is 5.56 Å². The van der Waals surface area contributed by atoms with E-state index in [1.165, 1.54) is 5.06 Å². The second kappa shape index (κ2) is 8.27. The number of alkyl carbamates (subject to hydrolysis) is 1. The lowest BCUT2D eigenvalue weighted by Gasteiger charge is -2.51. The average molecular weight is 377 g/mol. The molecule has 7 heteroatoms. The molecule has 150 valence electrons. The highest BCUT2D eigenvalue weighted by Crippen LogP contribution is 2.36. The Labute approximate surface area is 161 Å². The van der Waals surface area contributed by atoms with E-state index in [1.807, 2.05) is 58.0 Å². The van der Waals surface area contributed by atoms with Gasteiger partial charge in [0.05, 0.1) is 0 Å². The maximum absolute atomic E-state index is 12.5. The van der Waals surface area contributed by atoms with Crippen LogP contribution in [0.3, 0.4) is 0 Å². The Bertz CT molecular complexity index is 642. The lowest BCUT2D eigenvalue weighted by Crippen LogP contribution is -2.63. The average Bonchev–Trinajstić information content (AvgIpc) is 2.58. The number of ether oxygens (including phenoxy) is 1. The smallest absolute Gasteiger partial charge is 0.408 e. The predicted molar refractivity (Wildman–Crippen MR) is 102 cm³/mol.